The van der Waals surface area contributed by atoms with Gasteiger partial charge in [0.15, 0.2) is 0 Å². The van der Waals surface area contributed by atoms with E-state index in [0.717, 1.165) is 18.2 Å². The van der Waals surface area contributed by atoms with Gasteiger partial charge in [0.05, 0.1) is 23.7 Å². The summed E-state index contributed by atoms with van der Waals surface area (Å²) in [6, 6.07) is 5.39. The summed E-state index contributed by atoms with van der Waals surface area (Å²) in [4.78, 5) is 39.6. The number of likely N-dealkylation sites (N-methyl/N-ethyl adjacent to an activating group) is 1. The normalized spacial score (nSPS) is 14.9. The minimum atomic E-state index is -1.04. The summed E-state index contributed by atoms with van der Waals surface area (Å²) in [5.41, 5.74) is 1.34. The molecule has 0 aliphatic carbocycles. The van der Waals surface area contributed by atoms with E-state index in [2.05, 4.69) is 30.5 Å². The summed E-state index contributed by atoms with van der Waals surface area (Å²) < 4.78 is 38.0. The molecule has 0 fully saturated rings. The van der Waals surface area contributed by atoms with Crippen LogP contribution in [0.4, 0.5) is 14.5 Å². The first-order valence-corrected chi connectivity index (χ1v) is 10.7. The smallest absolute Gasteiger partial charge is 0.291 e. The molecule has 11 nitrogen and oxygen atoms in total. The summed E-state index contributed by atoms with van der Waals surface area (Å²) in [6.45, 7) is -0.143. The molecule has 0 spiro atoms. The number of ether oxygens (including phenoxy) is 2. The Labute approximate surface area is 209 Å². The highest BCUT2D eigenvalue weighted by Crippen LogP contribution is 2.36. The fourth-order valence-corrected chi connectivity index (χ4v) is 3.89. The molecule has 13 heteroatoms. The number of amides is 2. The molecule has 2 amide bonds. The number of H-pyrrole nitrogens is 1. The molecule has 0 saturated heterocycles. The quantitative estimate of drug-likeness (QED) is 0.417. The molecule has 0 saturated carbocycles. The highest BCUT2D eigenvalue weighted by atomic mass is 19.1. The Hall–Kier alpha value is -4.68. The van der Waals surface area contributed by atoms with E-state index in [1.165, 1.54) is 18.3 Å². The molecule has 5 rings (SSSR count). The molecule has 192 valence electrons. The fraction of sp³-hybridized carbons (Fsp3) is 0.250. The number of carbonyl (C=O) groups excluding carboxylic acids is 2. The van der Waals surface area contributed by atoms with E-state index in [-0.39, 0.29) is 32.1 Å². The van der Waals surface area contributed by atoms with Gasteiger partial charge in [-0.1, -0.05) is 7.43 Å². The number of nitrogens with zero attached hydrogens (tertiary/aromatic N) is 5. The van der Waals surface area contributed by atoms with Crippen LogP contribution in [0.5, 0.6) is 11.6 Å². The lowest BCUT2D eigenvalue weighted by Crippen LogP contribution is -2.49. The van der Waals surface area contributed by atoms with Crippen molar-refractivity contribution < 1.29 is 27.8 Å². The van der Waals surface area contributed by atoms with Crippen LogP contribution in [-0.4, -0.2) is 63.8 Å². The van der Waals surface area contributed by atoms with Crippen molar-refractivity contribution >= 4 is 28.4 Å². The number of anilines is 1. The first-order valence-electron chi connectivity index (χ1n) is 10.7. The van der Waals surface area contributed by atoms with Crippen molar-refractivity contribution in [2.75, 3.05) is 25.7 Å². The van der Waals surface area contributed by atoms with Crippen molar-refractivity contribution in [3.63, 3.8) is 0 Å². The van der Waals surface area contributed by atoms with E-state index in [9.17, 15) is 18.4 Å². The summed E-state index contributed by atoms with van der Waals surface area (Å²) in [5.74, 6) is -1.86. The topological polar surface area (TPSA) is 135 Å². The molecule has 1 aliphatic rings. The van der Waals surface area contributed by atoms with Crippen molar-refractivity contribution in [3.05, 3.63) is 65.5 Å². The Bertz CT molecular complexity index is 1470. The van der Waals surface area contributed by atoms with Crippen LogP contribution in [0.2, 0.25) is 0 Å². The lowest BCUT2D eigenvalue weighted by atomic mass is 10.1. The maximum atomic E-state index is 13.4. The van der Waals surface area contributed by atoms with E-state index in [4.69, 9.17) is 9.47 Å². The summed E-state index contributed by atoms with van der Waals surface area (Å²) in [6.07, 6.45) is 1.39. The Kier molecular flexibility index (Phi) is 6.96. The van der Waals surface area contributed by atoms with Gasteiger partial charge in [-0.25, -0.2) is 23.7 Å². The maximum Gasteiger partial charge on any atom is 0.291 e. The molecular formula is C24H23F2N7O4. The number of hydrogen-bond acceptors (Lipinski definition) is 8. The molecule has 0 unspecified atom stereocenters. The van der Waals surface area contributed by atoms with Gasteiger partial charge in [0.1, 0.15) is 42.2 Å². The second-order valence-corrected chi connectivity index (χ2v) is 8.01. The van der Waals surface area contributed by atoms with Gasteiger partial charge in [-0.05, 0) is 23.8 Å². The number of benzene rings is 2. The van der Waals surface area contributed by atoms with E-state index in [1.807, 2.05) is 0 Å². The van der Waals surface area contributed by atoms with E-state index in [1.54, 1.807) is 19.2 Å². The summed E-state index contributed by atoms with van der Waals surface area (Å²) >= 11 is 0. The Morgan fingerprint density at radius 2 is 1.97 bits per heavy atom. The monoisotopic (exact) mass is 511 g/mol. The molecule has 2 aromatic carbocycles. The van der Waals surface area contributed by atoms with Crippen molar-refractivity contribution in [2.24, 2.45) is 0 Å². The molecule has 1 aliphatic heterocycles. The Morgan fingerprint density at radius 1 is 1.22 bits per heavy atom. The highest BCUT2D eigenvalue weighted by Gasteiger charge is 2.32. The Morgan fingerprint density at radius 3 is 2.70 bits per heavy atom. The number of halogens is 2. The van der Waals surface area contributed by atoms with Gasteiger partial charge < -0.3 is 19.7 Å². The van der Waals surface area contributed by atoms with Gasteiger partial charge in [0, 0.05) is 25.6 Å². The second kappa shape index (κ2) is 10.1. The average Bonchev–Trinajstić information content (AvgIpc) is 3.28. The van der Waals surface area contributed by atoms with Gasteiger partial charge in [0.2, 0.25) is 11.7 Å². The summed E-state index contributed by atoms with van der Waals surface area (Å²) in [5, 5.41) is 9.59. The van der Waals surface area contributed by atoms with Crippen LogP contribution in [0.25, 0.3) is 10.9 Å². The van der Waals surface area contributed by atoms with Crippen molar-refractivity contribution in [1.29, 1.82) is 0 Å². The van der Waals surface area contributed by atoms with E-state index >= 15 is 0 Å². The van der Waals surface area contributed by atoms with Crippen LogP contribution < -0.4 is 19.7 Å². The molecular weight excluding hydrogens is 488 g/mol. The Balaban J connectivity index is 0.00000320. The number of fused-ring (bicyclic) bond motifs is 2. The number of nitrogens with one attached hydrogen (secondary N) is 2. The third-order valence-corrected chi connectivity index (χ3v) is 5.60. The minimum absolute atomic E-state index is 0. The zero-order valence-electron chi connectivity index (χ0n) is 19.1. The SMILES string of the molecule is C.COc1ncnc2cc3c(cc12)N(C)C(=O)[C@@H](NC(=O)c1n[nH]c(Cc2cc(F)cc(F)c2)n1)CO3. The van der Waals surface area contributed by atoms with E-state index in [0.29, 0.717) is 33.8 Å². The van der Waals surface area contributed by atoms with Gasteiger partial charge in [-0.3, -0.25) is 14.7 Å². The van der Waals surface area contributed by atoms with Crippen molar-refractivity contribution in [1.82, 2.24) is 30.5 Å². The predicted octanol–water partition coefficient (Wildman–Crippen LogP) is 2.42. The molecule has 37 heavy (non-hydrogen) atoms. The highest BCUT2D eigenvalue weighted by molar-refractivity contribution is 6.04. The molecule has 2 N–H and O–H groups in total. The van der Waals surface area contributed by atoms with Crippen LogP contribution in [0.15, 0.2) is 36.7 Å². The van der Waals surface area contributed by atoms with Gasteiger partial charge in [-0.15, -0.1) is 5.10 Å². The van der Waals surface area contributed by atoms with E-state index < -0.39 is 29.5 Å². The number of rotatable bonds is 5. The largest absolute Gasteiger partial charge is 0.489 e. The fourth-order valence-electron chi connectivity index (χ4n) is 3.89. The minimum Gasteiger partial charge on any atom is -0.489 e. The third-order valence-electron chi connectivity index (χ3n) is 5.60. The third kappa shape index (κ3) is 5.01. The predicted molar refractivity (Wildman–Crippen MR) is 129 cm³/mol. The number of carbonyl (C=O) groups is 2. The lowest BCUT2D eigenvalue weighted by Gasteiger charge is -2.20. The molecule has 3 heterocycles. The molecule has 4 aromatic rings. The second-order valence-electron chi connectivity index (χ2n) is 8.01. The van der Waals surface area contributed by atoms with Gasteiger partial charge >= 0.3 is 0 Å². The average molecular weight is 511 g/mol. The molecule has 2 aromatic heterocycles. The number of methoxy groups -OCH3 is 1. The number of aromatic amines is 1. The number of hydrogen-bond donors (Lipinski definition) is 2. The zero-order chi connectivity index (χ0) is 25.4. The molecule has 0 bridgehead atoms. The molecule has 0 radical (unpaired) electrons. The van der Waals surface area contributed by atoms with Crippen LogP contribution in [-0.2, 0) is 11.2 Å². The first-order chi connectivity index (χ1) is 17.3. The zero-order valence-corrected chi connectivity index (χ0v) is 19.1. The van der Waals surface area contributed by atoms with Gasteiger partial charge in [-0.2, -0.15) is 0 Å². The number of aromatic nitrogens is 5. The first kappa shape index (κ1) is 25.4. The molecule has 1 atom stereocenters. The van der Waals surface area contributed by atoms with Gasteiger partial charge in [0.25, 0.3) is 11.8 Å². The summed E-state index contributed by atoms with van der Waals surface area (Å²) in [7, 11) is 3.04. The van der Waals surface area contributed by atoms with Crippen molar-refractivity contribution in [3.8, 4) is 11.6 Å². The maximum absolute atomic E-state index is 13.4. The van der Waals surface area contributed by atoms with Crippen LogP contribution in [0, 0.1) is 11.6 Å². The standard InChI is InChI=1S/C23H19F2N7O4.CH4/c1-32-17-7-14-15(26-10-27-22(14)35-2)8-18(17)36-9-16(23(32)34)28-21(33)20-29-19(30-31-20)5-11-3-12(24)6-13(25)4-11;/h3-4,6-8,10,16H,5,9H2,1-2H3,(H,28,33)(H,29,30,31);1H4/t16-;/m0./s1. The van der Waals surface area contributed by atoms with Crippen LogP contribution in [0.1, 0.15) is 29.4 Å². The van der Waals surface area contributed by atoms with Crippen LogP contribution in [0.3, 0.4) is 0 Å². The lowest BCUT2D eigenvalue weighted by molar-refractivity contribution is -0.120. The van der Waals surface area contributed by atoms with Crippen molar-refractivity contribution in [2.45, 2.75) is 19.9 Å². The van der Waals surface area contributed by atoms with Crippen LogP contribution >= 0.6 is 0 Å².